The summed E-state index contributed by atoms with van der Waals surface area (Å²) in [6, 6.07) is 12.6. The van der Waals surface area contributed by atoms with E-state index in [1.807, 2.05) is 25.1 Å². The second-order valence-electron chi connectivity index (χ2n) is 7.50. The number of thiophene rings is 1. The molecule has 1 aliphatic rings. The highest BCUT2D eigenvalue weighted by Gasteiger charge is 2.28. The molecule has 29 heavy (non-hydrogen) atoms. The maximum atomic E-state index is 5.54. The molecule has 0 amide bonds. The van der Waals surface area contributed by atoms with Crippen LogP contribution in [0.4, 0.5) is 11.8 Å². The summed E-state index contributed by atoms with van der Waals surface area (Å²) in [6.07, 6.45) is 3.77. The maximum absolute atomic E-state index is 5.54. The summed E-state index contributed by atoms with van der Waals surface area (Å²) in [5.74, 6) is 2.53. The number of fused-ring (bicyclic) bond motifs is 1. The predicted molar refractivity (Wildman–Crippen MR) is 116 cm³/mol. The zero-order chi connectivity index (χ0) is 19.8. The molecule has 1 fully saturated rings. The molecule has 1 saturated heterocycles. The average molecular weight is 407 g/mol. The van der Waals surface area contributed by atoms with Crippen LogP contribution in [0, 0.1) is 0 Å². The van der Waals surface area contributed by atoms with Crippen LogP contribution in [-0.4, -0.2) is 47.3 Å². The molecular weight excluding hydrogens is 384 g/mol. The second kappa shape index (κ2) is 7.44. The third-order valence-electron chi connectivity index (χ3n) is 5.27. The van der Waals surface area contributed by atoms with Crippen molar-refractivity contribution in [1.82, 2.24) is 20.1 Å². The van der Waals surface area contributed by atoms with Gasteiger partial charge in [0.05, 0.1) is 11.3 Å². The van der Waals surface area contributed by atoms with Gasteiger partial charge in [0.25, 0.3) is 5.95 Å². The van der Waals surface area contributed by atoms with Crippen molar-refractivity contribution in [1.29, 1.82) is 0 Å². The van der Waals surface area contributed by atoms with E-state index in [0.717, 1.165) is 42.0 Å². The SMILES string of the molecule is CN(C)c1noc(C2CCCN(c3ncnc4sc(-c5ccccc5)cc34)C2)n1. The van der Waals surface area contributed by atoms with Crippen molar-refractivity contribution >= 4 is 33.3 Å². The molecule has 4 heterocycles. The normalized spacial score (nSPS) is 17.0. The van der Waals surface area contributed by atoms with Crippen molar-refractivity contribution in [3.63, 3.8) is 0 Å². The summed E-state index contributed by atoms with van der Waals surface area (Å²) in [5, 5.41) is 5.18. The molecule has 148 valence electrons. The molecule has 5 rings (SSSR count). The molecule has 1 unspecified atom stereocenters. The zero-order valence-electron chi connectivity index (χ0n) is 16.4. The van der Waals surface area contributed by atoms with Crippen molar-refractivity contribution in [3.8, 4) is 10.4 Å². The number of rotatable bonds is 4. The molecule has 0 aliphatic carbocycles. The Kier molecular flexibility index (Phi) is 4.63. The lowest BCUT2D eigenvalue weighted by Crippen LogP contribution is -2.35. The third-order valence-corrected chi connectivity index (χ3v) is 6.36. The molecule has 0 saturated carbocycles. The number of nitrogens with zero attached hydrogens (tertiary/aromatic N) is 6. The van der Waals surface area contributed by atoms with E-state index in [1.165, 1.54) is 10.4 Å². The number of anilines is 2. The summed E-state index contributed by atoms with van der Waals surface area (Å²) in [7, 11) is 3.83. The Balaban J connectivity index is 1.46. The Labute approximate surface area is 173 Å². The van der Waals surface area contributed by atoms with Crippen LogP contribution in [0.5, 0.6) is 0 Å². The van der Waals surface area contributed by atoms with Gasteiger partial charge < -0.3 is 14.3 Å². The first-order valence-corrected chi connectivity index (χ1v) is 10.6. The van der Waals surface area contributed by atoms with Gasteiger partial charge in [-0.2, -0.15) is 4.98 Å². The van der Waals surface area contributed by atoms with Crippen molar-refractivity contribution in [3.05, 3.63) is 48.6 Å². The highest BCUT2D eigenvalue weighted by Crippen LogP contribution is 2.38. The Morgan fingerprint density at radius 3 is 2.83 bits per heavy atom. The molecule has 0 radical (unpaired) electrons. The van der Waals surface area contributed by atoms with E-state index in [2.05, 4.69) is 55.3 Å². The van der Waals surface area contributed by atoms with Gasteiger partial charge in [0.15, 0.2) is 0 Å². The molecule has 1 atom stereocenters. The molecule has 1 aromatic carbocycles. The fourth-order valence-corrected chi connectivity index (χ4v) is 4.78. The van der Waals surface area contributed by atoms with Crippen molar-refractivity contribution in [2.24, 2.45) is 0 Å². The Bertz CT molecular complexity index is 1120. The minimum atomic E-state index is 0.210. The zero-order valence-corrected chi connectivity index (χ0v) is 17.3. The quantitative estimate of drug-likeness (QED) is 0.503. The summed E-state index contributed by atoms with van der Waals surface area (Å²) in [6.45, 7) is 1.78. The van der Waals surface area contributed by atoms with Gasteiger partial charge in [0, 0.05) is 32.1 Å². The van der Waals surface area contributed by atoms with Crippen LogP contribution in [0.1, 0.15) is 24.7 Å². The molecule has 7 nitrogen and oxygen atoms in total. The van der Waals surface area contributed by atoms with Crippen LogP contribution in [-0.2, 0) is 0 Å². The van der Waals surface area contributed by atoms with Gasteiger partial charge in [-0.1, -0.05) is 30.3 Å². The van der Waals surface area contributed by atoms with Crippen molar-refractivity contribution in [2.75, 3.05) is 37.0 Å². The van der Waals surface area contributed by atoms with Gasteiger partial charge in [-0.05, 0) is 29.6 Å². The molecule has 8 heteroatoms. The number of benzene rings is 1. The van der Waals surface area contributed by atoms with Crippen molar-refractivity contribution in [2.45, 2.75) is 18.8 Å². The molecule has 4 aromatic rings. The summed E-state index contributed by atoms with van der Waals surface area (Å²) >= 11 is 1.71. The first kappa shape index (κ1) is 18.1. The lowest BCUT2D eigenvalue weighted by atomic mass is 9.98. The monoisotopic (exact) mass is 406 g/mol. The fourth-order valence-electron chi connectivity index (χ4n) is 3.79. The topological polar surface area (TPSA) is 71.2 Å². The molecular formula is C21H22N6OS. The van der Waals surface area contributed by atoms with Crippen LogP contribution in [0.3, 0.4) is 0 Å². The van der Waals surface area contributed by atoms with Gasteiger partial charge in [-0.25, -0.2) is 9.97 Å². The lowest BCUT2D eigenvalue weighted by molar-refractivity contribution is 0.333. The van der Waals surface area contributed by atoms with E-state index < -0.39 is 0 Å². The van der Waals surface area contributed by atoms with Crippen LogP contribution >= 0.6 is 11.3 Å². The van der Waals surface area contributed by atoms with Gasteiger partial charge in [-0.3, -0.25) is 0 Å². The Hall–Kier alpha value is -3.00. The minimum Gasteiger partial charge on any atom is -0.355 e. The van der Waals surface area contributed by atoms with Gasteiger partial charge in [0.2, 0.25) is 5.89 Å². The summed E-state index contributed by atoms with van der Waals surface area (Å²) < 4.78 is 5.54. The van der Waals surface area contributed by atoms with Gasteiger partial charge >= 0.3 is 0 Å². The second-order valence-corrected chi connectivity index (χ2v) is 8.54. The lowest BCUT2D eigenvalue weighted by Gasteiger charge is -2.32. The highest BCUT2D eigenvalue weighted by atomic mass is 32.1. The van der Waals surface area contributed by atoms with E-state index in [0.29, 0.717) is 11.8 Å². The van der Waals surface area contributed by atoms with Crippen LogP contribution in [0.25, 0.3) is 20.7 Å². The third kappa shape index (κ3) is 3.44. The Morgan fingerprint density at radius 1 is 1.17 bits per heavy atom. The largest absolute Gasteiger partial charge is 0.355 e. The molecule has 3 aromatic heterocycles. The molecule has 0 spiro atoms. The van der Waals surface area contributed by atoms with Crippen molar-refractivity contribution < 1.29 is 4.52 Å². The van der Waals surface area contributed by atoms with Crippen LogP contribution < -0.4 is 9.80 Å². The van der Waals surface area contributed by atoms with Gasteiger partial charge in [-0.15, -0.1) is 11.3 Å². The number of hydrogen-bond acceptors (Lipinski definition) is 8. The van der Waals surface area contributed by atoms with Crippen LogP contribution in [0.15, 0.2) is 47.2 Å². The number of hydrogen-bond donors (Lipinski definition) is 0. The first-order chi connectivity index (χ1) is 14.2. The maximum Gasteiger partial charge on any atom is 0.265 e. The average Bonchev–Trinajstić information content (AvgIpc) is 3.42. The van der Waals surface area contributed by atoms with Crippen LogP contribution in [0.2, 0.25) is 0 Å². The van der Waals surface area contributed by atoms with E-state index in [1.54, 1.807) is 17.7 Å². The minimum absolute atomic E-state index is 0.210. The summed E-state index contributed by atoms with van der Waals surface area (Å²) in [5.41, 5.74) is 1.21. The molecule has 0 bridgehead atoms. The predicted octanol–water partition coefficient (Wildman–Crippen LogP) is 4.19. The number of piperidine rings is 1. The van der Waals surface area contributed by atoms with Gasteiger partial charge in [0.1, 0.15) is 17.0 Å². The molecule has 0 N–H and O–H groups in total. The first-order valence-electron chi connectivity index (χ1n) is 9.75. The Morgan fingerprint density at radius 2 is 2.03 bits per heavy atom. The number of aromatic nitrogens is 4. The highest BCUT2D eigenvalue weighted by molar-refractivity contribution is 7.21. The summed E-state index contributed by atoms with van der Waals surface area (Å²) in [4.78, 5) is 20.1. The van der Waals surface area contributed by atoms with E-state index >= 15 is 0 Å². The standard InChI is InChI=1S/C21H22N6OS/c1-26(2)21-24-19(28-25-21)15-9-6-10-27(12-15)18-16-11-17(14-7-4-3-5-8-14)29-20(16)23-13-22-18/h3-5,7-8,11,13,15H,6,9-10,12H2,1-2H3. The van der Waals surface area contributed by atoms with E-state index in [-0.39, 0.29) is 5.92 Å². The van der Waals surface area contributed by atoms with E-state index in [4.69, 9.17) is 4.52 Å². The molecule has 1 aliphatic heterocycles. The fraction of sp³-hybridized carbons (Fsp3) is 0.333. The smallest absolute Gasteiger partial charge is 0.265 e. The van der Waals surface area contributed by atoms with E-state index in [9.17, 15) is 0 Å².